The van der Waals surface area contributed by atoms with Gasteiger partial charge < -0.3 is 10.2 Å². The summed E-state index contributed by atoms with van der Waals surface area (Å²) in [5.41, 5.74) is 0.176. The van der Waals surface area contributed by atoms with Crippen molar-refractivity contribution in [2.45, 2.75) is 13.8 Å². The molecule has 0 spiro atoms. The number of hydrogen-bond donors (Lipinski definition) is 1. The number of nitro benzene ring substituents is 1. The van der Waals surface area contributed by atoms with Crippen molar-refractivity contribution >= 4 is 23.2 Å². The van der Waals surface area contributed by atoms with E-state index in [4.69, 9.17) is 0 Å². The predicted molar refractivity (Wildman–Crippen MR) is 94.7 cm³/mol. The van der Waals surface area contributed by atoms with Gasteiger partial charge in [-0.25, -0.2) is 0 Å². The molecule has 26 heavy (non-hydrogen) atoms. The Hall–Kier alpha value is -3.29. The molecule has 0 saturated heterocycles. The SMILES string of the molecule is CCN(CC)C(=O)c1ccc(NC(=O)c2ccc([N+](=O)[O-])c(F)c2)cc1. The first-order chi connectivity index (χ1) is 12.4. The van der Waals surface area contributed by atoms with Crippen molar-refractivity contribution in [3.05, 3.63) is 69.5 Å². The van der Waals surface area contributed by atoms with E-state index in [9.17, 15) is 24.1 Å². The molecule has 0 fully saturated rings. The van der Waals surface area contributed by atoms with Gasteiger partial charge in [-0.1, -0.05) is 0 Å². The Morgan fingerprint density at radius 1 is 1.08 bits per heavy atom. The van der Waals surface area contributed by atoms with Crippen molar-refractivity contribution in [1.29, 1.82) is 0 Å². The average Bonchev–Trinajstić information content (AvgIpc) is 2.62. The van der Waals surface area contributed by atoms with Gasteiger partial charge in [0.15, 0.2) is 0 Å². The van der Waals surface area contributed by atoms with E-state index in [1.54, 1.807) is 29.2 Å². The Labute approximate surface area is 149 Å². The second-order valence-corrected chi connectivity index (χ2v) is 5.43. The lowest BCUT2D eigenvalue weighted by Gasteiger charge is -2.18. The number of nitrogens with zero attached hydrogens (tertiary/aromatic N) is 2. The molecule has 0 radical (unpaired) electrons. The number of rotatable bonds is 6. The fourth-order valence-corrected chi connectivity index (χ4v) is 2.39. The van der Waals surface area contributed by atoms with Crippen LogP contribution in [0.2, 0.25) is 0 Å². The van der Waals surface area contributed by atoms with Crippen molar-refractivity contribution < 1.29 is 18.9 Å². The number of hydrogen-bond acceptors (Lipinski definition) is 4. The molecule has 136 valence electrons. The molecule has 0 aliphatic heterocycles. The summed E-state index contributed by atoms with van der Waals surface area (Å²) in [5.74, 6) is -1.80. The lowest BCUT2D eigenvalue weighted by atomic mass is 10.1. The molecule has 0 aliphatic carbocycles. The summed E-state index contributed by atoms with van der Waals surface area (Å²) in [6, 6.07) is 9.24. The number of carbonyl (C=O) groups is 2. The predicted octanol–water partition coefficient (Wildman–Crippen LogP) is 3.47. The van der Waals surface area contributed by atoms with Crippen LogP contribution in [0.25, 0.3) is 0 Å². The summed E-state index contributed by atoms with van der Waals surface area (Å²) >= 11 is 0. The molecule has 0 heterocycles. The van der Waals surface area contributed by atoms with Crippen molar-refractivity contribution in [2.24, 2.45) is 0 Å². The fourth-order valence-electron chi connectivity index (χ4n) is 2.39. The number of nitro groups is 1. The summed E-state index contributed by atoms with van der Waals surface area (Å²) in [6.45, 7) is 4.97. The summed E-state index contributed by atoms with van der Waals surface area (Å²) in [4.78, 5) is 35.8. The van der Waals surface area contributed by atoms with E-state index < -0.39 is 22.3 Å². The van der Waals surface area contributed by atoms with Crippen LogP contribution in [0.15, 0.2) is 42.5 Å². The smallest absolute Gasteiger partial charge is 0.304 e. The Balaban J connectivity index is 2.11. The number of anilines is 1. The molecule has 0 aromatic heterocycles. The molecule has 2 rings (SSSR count). The molecule has 0 aliphatic rings. The van der Waals surface area contributed by atoms with Crippen LogP contribution >= 0.6 is 0 Å². The van der Waals surface area contributed by atoms with E-state index in [0.29, 0.717) is 24.3 Å². The van der Waals surface area contributed by atoms with Gasteiger partial charge in [-0.05, 0) is 50.2 Å². The first-order valence-corrected chi connectivity index (χ1v) is 8.02. The number of amides is 2. The minimum Gasteiger partial charge on any atom is -0.339 e. The standard InChI is InChI=1S/C18H18FN3O4/c1-3-21(4-2)18(24)12-5-8-14(9-6-12)20-17(23)13-7-10-16(22(25)26)15(19)11-13/h5-11H,3-4H2,1-2H3,(H,20,23). The van der Waals surface area contributed by atoms with Crippen LogP contribution in [0.5, 0.6) is 0 Å². The van der Waals surface area contributed by atoms with E-state index in [1.165, 1.54) is 6.07 Å². The average molecular weight is 359 g/mol. The third kappa shape index (κ3) is 4.21. The fraction of sp³-hybridized carbons (Fsp3) is 0.222. The largest absolute Gasteiger partial charge is 0.339 e. The van der Waals surface area contributed by atoms with Crippen LogP contribution in [0, 0.1) is 15.9 Å². The zero-order chi connectivity index (χ0) is 19.3. The lowest BCUT2D eigenvalue weighted by molar-refractivity contribution is -0.387. The quantitative estimate of drug-likeness (QED) is 0.631. The Kier molecular flexibility index (Phi) is 6.00. The van der Waals surface area contributed by atoms with Gasteiger partial charge in [-0.2, -0.15) is 4.39 Å². The summed E-state index contributed by atoms with van der Waals surface area (Å²) < 4.78 is 13.6. The first-order valence-electron chi connectivity index (χ1n) is 8.02. The van der Waals surface area contributed by atoms with Crippen molar-refractivity contribution in [2.75, 3.05) is 18.4 Å². The molecule has 0 saturated carbocycles. The molecule has 8 heteroatoms. The van der Waals surface area contributed by atoms with Gasteiger partial charge >= 0.3 is 5.69 Å². The van der Waals surface area contributed by atoms with Crippen LogP contribution in [-0.2, 0) is 0 Å². The third-order valence-corrected chi connectivity index (χ3v) is 3.85. The van der Waals surface area contributed by atoms with E-state index >= 15 is 0 Å². The highest BCUT2D eigenvalue weighted by Gasteiger charge is 2.17. The minimum absolute atomic E-state index is 0.0450. The van der Waals surface area contributed by atoms with Gasteiger partial charge in [0.25, 0.3) is 11.8 Å². The molecule has 2 aromatic rings. The molecular formula is C18H18FN3O4. The highest BCUT2D eigenvalue weighted by Crippen LogP contribution is 2.19. The number of benzene rings is 2. The Bertz CT molecular complexity index is 833. The van der Waals surface area contributed by atoms with Gasteiger partial charge in [0.2, 0.25) is 5.82 Å². The van der Waals surface area contributed by atoms with Crippen molar-refractivity contribution in [3.63, 3.8) is 0 Å². The number of nitrogens with one attached hydrogen (secondary N) is 1. The highest BCUT2D eigenvalue weighted by atomic mass is 19.1. The van der Waals surface area contributed by atoms with E-state index in [0.717, 1.165) is 12.1 Å². The van der Waals surface area contributed by atoms with Gasteiger partial charge in [-0.15, -0.1) is 0 Å². The molecule has 2 aromatic carbocycles. The van der Waals surface area contributed by atoms with E-state index in [1.807, 2.05) is 13.8 Å². The van der Waals surface area contributed by atoms with Crippen LogP contribution in [0.4, 0.5) is 15.8 Å². The minimum atomic E-state index is -1.08. The maximum absolute atomic E-state index is 13.6. The second kappa shape index (κ2) is 8.19. The number of halogens is 1. The zero-order valence-electron chi connectivity index (χ0n) is 14.4. The zero-order valence-corrected chi connectivity index (χ0v) is 14.4. The number of carbonyl (C=O) groups excluding carboxylic acids is 2. The normalized spacial score (nSPS) is 10.3. The first kappa shape index (κ1) is 19.0. The topological polar surface area (TPSA) is 92.6 Å². The van der Waals surface area contributed by atoms with Gasteiger partial charge in [0.05, 0.1) is 4.92 Å². The molecule has 0 atom stereocenters. The van der Waals surface area contributed by atoms with Gasteiger partial charge in [-0.3, -0.25) is 19.7 Å². The van der Waals surface area contributed by atoms with Crippen LogP contribution in [0.1, 0.15) is 34.6 Å². The van der Waals surface area contributed by atoms with E-state index in [-0.39, 0.29) is 11.5 Å². The maximum Gasteiger partial charge on any atom is 0.304 e. The molecule has 1 N–H and O–H groups in total. The van der Waals surface area contributed by atoms with Crippen molar-refractivity contribution in [3.8, 4) is 0 Å². The maximum atomic E-state index is 13.6. The molecule has 0 unspecified atom stereocenters. The molecule has 2 amide bonds. The summed E-state index contributed by atoms with van der Waals surface area (Å²) in [5, 5.41) is 13.2. The summed E-state index contributed by atoms with van der Waals surface area (Å²) in [7, 11) is 0. The third-order valence-electron chi connectivity index (χ3n) is 3.85. The summed E-state index contributed by atoms with van der Waals surface area (Å²) in [6.07, 6.45) is 0. The second-order valence-electron chi connectivity index (χ2n) is 5.43. The van der Waals surface area contributed by atoms with Crippen LogP contribution in [-0.4, -0.2) is 34.7 Å². The van der Waals surface area contributed by atoms with Gasteiger partial charge in [0.1, 0.15) is 0 Å². The molecule has 7 nitrogen and oxygen atoms in total. The Morgan fingerprint density at radius 3 is 2.15 bits per heavy atom. The highest BCUT2D eigenvalue weighted by molar-refractivity contribution is 6.04. The van der Waals surface area contributed by atoms with Crippen LogP contribution < -0.4 is 5.32 Å². The van der Waals surface area contributed by atoms with Crippen molar-refractivity contribution in [1.82, 2.24) is 4.90 Å². The van der Waals surface area contributed by atoms with Crippen LogP contribution in [0.3, 0.4) is 0 Å². The lowest BCUT2D eigenvalue weighted by Crippen LogP contribution is -2.30. The molecular weight excluding hydrogens is 341 g/mol. The van der Waals surface area contributed by atoms with Gasteiger partial charge in [0, 0.05) is 36.0 Å². The van der Waals surface area contributed by atoms with E-state index in [2.05, 4.69) is 5.32 Å². The Morgan fingerprint density at radius 2 is 1.65 bits per heavy atom. The molecule has 0 bridgehead atoms. The monoisotopic (exact) mass is 359 g/mol.